The zero-order chi connectivity index (χ0) is 15.5. The van der Waals surface area contributed by atoms with E-state index in [1.807, 2.05) is 0 Å². The maximum absolute atomic E-state index is 12.2. The number of nitrogens with zero attached hydrogens (tertiary/aromatic N) is 1. The molecule has 0 aromatic heterocycles. The number of hydrogen-bond donors (Lipinski definition) is 1. The Morgan fingerprint density at radius 1 is 1.43 bits per heavy atom. The molecule has 116 valence electrons. The maximum atomic E-state index is 12.2. The van der Waals surface area contributed by atoms with E-state index < -0.39 is 10.0 Å². The normalized spacial score (nSPS) is 14.9. The van der Waals surface area contributed by atoms with Crippen LogP contribution in [0.1, 0.15) is 18.9 Å². The molecule has 0 aliphatic carbocycles. The van der Waals surface area contributed by atoms with Crippen molar-refractivity contribution in [1.82, 2.24) is 4.72 Å². The molecule has 0 spiro atoms. The van der Waals surface area contributed by atoms with Gasteiger partial charge in [-0.2, -0.15) is 0 Å². The number of carbonyl (C=O) groups is 1. The van der Waals surface area contributed by atoms with Gasteiger partial charge in [-0.25, -0.2) is 13.1 Å². The number of rotatable bonds is 5. The second kappa shape index (κ2) is 6.55. The van der Waals surface area contributed by atoms with Gasteiger partial charge in [0.2, 0.25) is 15.9 Å². The smallest absolute Gasteiger partial charge is 0.240 e. The Morgan fingerprint density at radius 2 is 2.19 bits per heavy atom. The molecule has 2 rings (SSSR count). The molecule has 1 aromatic rings. The maximum Gasteiger partial charge on any atom is 0.240 e. The number of sulfonamides is 1. The molecule has 6 nitrogen and oxygen atoms in total. The van der Waals surface area contributed by atoms with Crippen LogP contribution < -0.4 is 9.62 Å². The summed E-state index contributed by atoms with van der Waals surface area (Å²) in [5.74, 6) is -0.0234. The summed E-state index contributed by atoms with van der Waals surface area (Å²) < 4.78 is 31.6. The summed E-state index contributed by atoms with van der Waals surface area (Å²) in [5.41, 5.74) is 1.70. The Labute approximate surface area is 125 Å². The fraction of sp³-hybridized carbons (Fsp3) is 0.500. The molecule has 0 radical (unpaired) electrons. The lowest BCUT2D eigenvalue weighted by molar-refractivity contribution is -0.116. The number of amides is 1. The number of benzene rings is 1. The highest BCUT2D eigenvalue weighted by Gasteiger charge is 2.22. The predicted molar refractivity (Wildman–Crippen MR) is 79.9 cm³/mol. The SMILES string of the molecule is COCCNS(=O)(=O)c1ccc2c(c1)CCCN2C(C)=O. The summed E-state index contributed by atoms with van der Waals surface area (Å²) in [4.78, 5) is 13.5. The van der Waals surface area contributed by atoms with Crippen molar-refractivity contribution in [2.24, 2.45) is 0 Å². The third kappa shape index (κ3) is 3.61. The first kappa shape index (κ1) is 15.9. The molecule has 0 bridgehead atoms. The zero-order valence-corrected chi connectivity index (χ0v) is 13.1. The standard InChI is InChI=1S/C14H20N2O4S/c1-11(17)16-8-3-4-12-10-13(5-6-14(12)16)21(18,19)15-7-9-20-2/h5-6,10,15H,3-4,7-9H2,1-2H3. The molecule has 0 atom stereocenters. The van der Waals surface area contributed by atoms with Gasteiger partial charge in [0.15, 0.2) is 0 Å². The van der Waals surface area contributed by atoms with E-state index in [0.717, 1.165) is 24.1 Å². The third-order valence-corrected chi connectivity index (χ3v) is 4.92. The summed E-state index contributed by atoms with van der Waals surface area (Å²) in [7, 11) is -2.02. The monoisotopic (exact) mass is 312 g/mol. The lowest BCUT2D eigenvalue weighted by Gasteiger charge is -2.28. The summed E-state index contributed by atoms with van der Waals surface area (Å²) in [6.45, 7) is 2.75. The van der Waals surface area contributed by atoms with Crippen LogP contribution in [0.15, 0.2) is 23.1 Å². The average molecular weight is 312 g/mol. The Morgan fingerprint density at radius 3 is 2.86 bits per heavy atom. The van der Waals surface area contributed by atoms with Crippen LogP contribution in [0, 0.1) is 0 Å². The molecule has 1 aromatic carbocycles. The van der Waals surface area contributed by atoms with Gasteiger partial charge < -0.3 is 9.64 Å². The second-order valence-corrected chi connectivity index (χ2v) is 6.72. The topological polar surface area (TPSA) is 75.7 Å². The minimum atomic E-state index is -3.54. The molecule has 7 heteroatoms. The van der Waals surface area contributed by atoms with Crippen LogP contribution in [-0.4, -0.2) is 41.1 Å². The van der Waals surface area contributed by atoms with Gasteiger partial charge in [0.05, 0.1) is 11.5 Å². The first-order chi connectivity index (χ1) is 9.95. The highest BCUT2D eigenvalue weighted by Crippen LogP contribution is 2.29. The molecule has 0 saturated heterocycles. The van der Waals surface area contributed by atoms with Crippen LogP contribution >= 0.6 is 0 Å². The lowest BCUT2D eigenvalue weighted by atomic mass is 10.0. The van der Waals surface area contributed by atoms with E-state index in [9.17, 15) is 13.2 Å². The Hall–Kier alpha value is -1.44. The summed E-state index contributed by atoms with van der Waals surface area (Å²) >= 11 is 0. The number of anilines is 1. The molecule has 1 aliphatic heterocycles. The van der Waals surface area contributed by atoms with Gasteiger partial charge in [-0.15, -0.1) is 0 Å². The van der Waals surface area contributed by atoms with Crippen molar-refractivity contribution >= 4 is 21.6 Å². The third-order valence-electron chi connectivity index (χ3n) is 3.46. The van der Waals surface area contributed by atoms with Gasteiger partial charge in [0.1, 0.15) is 0 Å². The van der Waals surface area contributed by atoms with Crippen molar-refractivity contribution < 1.29 is 17.9 Å². The van der Waals surface area contributed by atoms with Gasteiger partial charge in [-0.05, 0) is 36.6 Å². The minimum absolute atomic E-state index is 0.0234. The van der Waals surface area contributed by atoms with Crippen molar-refractivity contribution in [3.05, 3.63) is 23.8 Å². The van der Waals surface area contributed by atoms with Crippen molar-refractivity contribution in [3.63, 3.8) is 0 Å². The predicted octanol–water partition coefficient (Wildman–Crippen LogP) is 0.910. The van der Waals surface area contributed by atoms with E-state index in [1.165, 1.54) is 20.1 Å². The van der Waals surface area contributed by atoms with Crippen molar-refractivity contribution in [2.75, 3.05) is 31.7 Å². The molecule has 1 heterocycles. The number of methoxy groups -OCH3 is 1. The number of nitrogens with one attached hydrogen (secondary N) is 1. The quantitative estimate of drug-likeness (QED) is 0.820. The van der Waals surface area contributed by atoms with E-state index in [1.54, 1.807) is 17.0 Å². The molecular weight excluding hydrogens is 292 g/mol. The first-order valence-electron chi connectivity index (χ1n) is 6.85. The second-order valence-electron chi connectivity index (χ2n) is 4.96. The molecule has 21 heavy (non-hydrogen) atoms. The van der Waals surface area contributed by atoms with Crippen LogP contribution in [0.5, 0.6) is 0 Å². The van der Waals surface area contributed by atoms with Crippen LogP contribution in [0.25, 0.3) is 0 Å². The molecule has 0 saturated carbocycles. The van der Waals surface area contributed by atoms with E-state index >= 15 is 0 Å². The zero-order valence-electron chi connectivity index (χ0n) is 12.3. The van der Waals surface area contributed by atoms with Gasteiger partial charge in [0, 0.05) is 32.8 Å². The Balaban J connectivity index is 2.27. The largest absolute Gasteiger partial charge is 0.383 e. The lowest BCUT2D eigenvalue weighted by Crippen LogP contribution is -2.34. The average Bonchev–Trinajstić information content (AvgIpc) is 2.46. The Kier molecular flexibility index (Phi) is 4.97. The van der Waals surface area contributed by atoms with Crippen LogP contribution in [0.4, 0.5) is 5.69 Å². The van der Waals surface area contributed by atoms with Gasteiger partial charge in [-0.3, -0.25) is 4.79 Å². The number of carbonyl (C=O) groups excluding carboxylic acids is 1. The van der Waals surface area contributed by atoms with E-state index in [2.05, 4.69) is 4.72 Å². The van der Waals surface area contributed by atoms with Crippen molar-refractivity contribution in [3.8, 4) is 0 Å². The fourth-order valence-electron chi connectivity index (χ4n) is 2.43. The summed E-state index contributed by atoms with van der Waals surface area (Å²) in [6, 6.07) is 4.90. The Bertz CT molecular complexity index is 628. The van der Waals surface area contributed by atoms with E-state index in [0.29, 0.717) is 13.2 Å². The molecule has 1 N–H and O–H groups in total. The van der Waals surface area contributed by atoms with Crippen LogP contribution in [0.3, 0.4) is 0 Å². The summed E-state index contributed by atoms with van der Waals surface area (Å²) in [6.07, 6.45) is 1.62. The van der Waals surface area contributed by atoms with Crippen molar-refractivity contribution in [2.45, 2.75) is 24.7 Å². The van der Waals surface area contributed by atoms with Gasteiger partial charge in [-0.1, -0.05) is 0 Å². The minimum Gasteiger partial charge on any atom is -0.383 e. The number of aryl methyl sites for hydroxylation is 1. The van der Waals surface area contributed by atoms with Gasteiger partial charge >= 0.3 is 0 Å². The highest BCUT2D eigenvalue weighted by atomic mass is 32.2. The number of fused-ring (bicyclic) bond motifs is 1. The molecule has 1 amide bonds. The number of hydrogen-bond acceptors (Lipinski definition) is 4. The number of ether oxygens (including phenoxy) is 1. The van der Waals surface area contributed by atoms with E-state index in [4.69, 9.17) is 4.74 Å². The molecule has 0 fully saturated rings. The summed E-state index contributed by atoms with van der Waals surface area (Å²) in [5, 5.41) is 0. The van der Waals surface area contributed by atoms with Gasteiger partial charge in [0.25, 0.3) is 0 Å². The van der Waals surface area contributed by atoms with Crippen molar-refractivity contribution in [1.29, 1.82) is 0 Å². The molecule has 0 unspecified atom stereocenters. The van der Waals surface area contributed by atoms with E-state index in [-0.39, 0.29) is 17.3 Å². The van der Waals surface area contributed by atoms with Crippen LogP contribution in [-0.2, 0) is 26.0 Å². The van der Waals surface area contributed by atoms with Crippen LogP contribution in [0.2, 0.25) is 0 Å². The highest BCUT2D eigenvalue weighted by molar-refractivity contribution is 7.89. The molecular formula is C14H20N2O4S. The molecule has 1 aliphatic rings. The fourth-order valence-corrected chi connectivity index (χ4v) is 3.49. The first-order valence-corrected chi connectivity index (χ1v) is 8.33.